The van der Waals surface area contributed by atoms with Gasteiger partial charge in [-0.25, -0.2) is 17.9 Å². The van der Waals surface area contributed by atoms with Crippen LogP contribution in [0.1, 0.15) is 10.4 Å². The predicted molar refractivity (Wildman–Crippen MR) is 79.9 cm³/mol. The highest BCUT2D eigenvalue weighted by atomic mass is 79.9. The van der Waals surface area contributed by atoms with Crippen molar-refractivity contribution < 1.29 is 17.6 Å². The number of carbonyl (C=O) groups excluding carboxylic acids is 1. The molecule has 0 aliphatic heterocycles. The van der Waals surface area contributed by atoms with E-state index in [0.717, 1.165) is 22.7 Å². The smallest absolute Gasteiger partial charge is 0.255 e. The number of primary sulfonamides is 1. The average Bonchev–Trinajstić information content (AvgIpc) is 2.40. The van der Waals surface area contributed by atoms with Gasteiger partial charge in [-0.2, -0.15) is 0 Å². The third-order valence-corrected chi connectivity index (χ3v) is 4.06. The Kier molecular flexibility index (Phi) is 4.40. The molecule has 2 aromatic carbocycles. The van der Waals surface area contributed by atoms with E-state index in [1.54, 1.807) is 24.3 Å². The van der Waals surface area contributed by atoms with Gasteiger partial charge in [0.1, 0.15) is 5.82 Å². The normalized spacial score (nSPS) is 11.2. The van der Waals surface area contributed by atoms with Gasteiger partial charge in [0.25, 0.3) is 5.91 Å². The topological polar surface area (TPSA) is 89.3 Å². The molecule has 0 aliphatic rings. The summed E-state index contributed by atoms with van der Waals surface area (Å²) in [5, 5.41) is 7.26. The Labute approximate surface area is 129 Å². The molecule has 1 amide bonds. The maximum atomic E-state index is 13.8. The fourth-order valence-electron chi connectivity index (χ4n) is 1.57. The van der Waals surface area contributed by atoms with Crippen molar-refractivity contribution in [1.29, 1.82) is 0 Å². The van der Waals surface area contributed by atoms with Gasteiger partial charge >= 0.3 is 0 Å². The molecule has 3 N–H and O–H groups in total. The van der Waals surface area contributed by atoms with Crippen LogP contribution in [0.5, 0.6) is 0 Å². The van der Waals surface area contributed by atoms with Crippen molar-refractivity contribution in [2.24, 2.45) is 5.14 Å². The van der Waals surface area contributed by atoms with Gasteiger partial charge in [-0.05, 0) is 42.5 Å². The minimum Gasteiger partial charge on any atom is -0.319 e. The third-order valence-electron chi connectivity index (χ3n) is 2.62. The molecule has 0 bridgehead atoms. The van der Waals surface area contributed by atoms with Crippen LogP contribution in [0.15, 0.2) is 51.8 Å². The molecule has 2 rings (SSSR count). The predicted octanol–water partition coefficient (Wildman–Crippen LogP) is 2.49. The highest BCUT2D eigenvalue weighted by Gasteiger charge is 2.13. The summed E-state index contributed by atoms with van der Waals surface area (Å²) >= 11 is 3.24. The Hall–Kier alpha value is -1.77. The second-order valence-corrected chi connectivity index (χ2v) is 6.62. The molecule has 5 nitrogen and oxygen atoms in total. The Balaban J connectivity index is 2.24. The van der Waals surface area contributed by atoms with Crippen molar-refractivity contribution in [3.8, 4) is 0 Å². The van der Waals surface area contributed by atoms with Crippen LogP contribution >= 0.6 is 15.9 Å². The molecule has 0 radical (unpaired) electrons. The van der Waals surface area contributed by atoms with Gasteiger partial charge < -0.3 is 5.32 Å². The largest absolute Gasteiger partial charge is 0.319 e. The van der Waals surface area contributed by atoms with Crippen molar-refractivity contribution in [3.05, 3.63) is 58.3 Å². The summed E-state index contributed by atoms with van der Waals surface area (Å²) < 4.78 is 36.8. The molecule has 0 spiro atoms. The summed E-state index contributed by atoms with van der Waals surface area (Å²) in [5.41, 5.74) is 0.212. The zero-order valence-electron chi connectivity index (χ0n) is 10.5. The first-order chi connectivity index (χ1) is 9.77. The lowest BCUT2D eigenvalue weighted by atomic mass is 10.2. The number of anilines is 1. The number of hydrogen-bond acceptors (Lipinski definition) is 3. The van der Waals surface area contributed by atoms with E-state index in [1.807, 2.05) is 0 Å². The first kappa shape index (κ1) is 15.6. The van der Waals surface area contributed by atoms with Crippen molar-refractivity contribution in [1.82, 2.24) is 0 Å². The van der Waals surface area contributed by atoms with E-state index in [4.69, 9.17) is 5.14 Å². The number of rotatable bonds is 3. The van der Waals surface area contributed by atoms with Crippen molar-refractivity contribution in [3.63, 3.8) is 0 Å². The summed E-state index contributed by atoms with van der Waals surface area (Å²) in [7, 11) is -3.99. The maximum absolute atomic E-state index is 13.8. The number of sulfonamides is 1. The molecular weight excluding hydrogens is 363 g/mol. The number of hydrogen-bond donors (Lipinski definition) is 2. The molecule has 0 fully saturated rings. The molecular formula is C13H10BrFN2O3S. The highest BCUT2D eigenvalue weighted by molar-refractivity contribution is 9.10. The van der Waals surface area contributed by atoms with E-state index in [9.17, 15) is 17.6 Å². The van der Waals surface area contributed by atoms with E-state index < -0.39 is 21.7 Å². The van der Waals surface area contributed by atoms with Crippen LogP contribution in [-0.2, 0) is 10.0 Å². The number of halogens is 2. The summed E-state index contributed by atoms with van der Waals surface area (Å²) in [6.45, 7) is 0. The number of nitrogens with one attached hydrogen (secondary N) is 1. The van der Waals surface area contributed by atoms with Crippen LogP contribution in [-0.4, -0.2) is 14.3 Å². The Bertz CT molecular complexity index is 792. The maximum Gasteiger partial charge on any atom is 0.255 e. The summed E-state index contributed by atoms with van der Waals surface area (Å²) in [6, 6.07) is 9.50. The van der Waals surface area contributed by atoms with E-state index in [2.05, 4.69) is 21.2 Å². The van der Waals surface area contributed by atoms with E-state index in [0.29, 0.717) is 5.56 Å². The zero-order chi connectivity index (χ0) is 15.6. The lowest BCUT2D eigenvalue weighted by Gasteiger charge is -2.07. The molecule has 0 heterocycles. The van der Waals surface area contributed by atoms with Crippen molar-refractivity contribution in [2.45, 2.75) is 4.90 Å². The Morgan fingerprint density at radius 2 is 1.76 bits per heavy atom. The standard InChI is InChI=1S/C13H10BrFN2O3S/c14-9-3-1-8(2-4-9)13(18)17-12-6-5-10(7-11(12)15)21(16,19)20/h1-7H,(H,17,18)(H2,16,19,20). The molecule has 0 saturated heterocycles. The third kappa shape index (κ3) is 3.87. The fourth-order valence-corrected chi connectivity index (χ4v) is 2.36. The minimum absolute atomic E-state index is 0.129. The minimum atomic E-state index is -3.99. The number of benzene rings is 2. The van der Waals surface area contributed by atoms with Gasteiger partial charge in [-0.3, -0.25) is 4.79 Å². The first-order valence-electron chi connectivity index (χ1n) is 5.66. The molecule has 0 unspecified atom stereocenters. The molecule has 8 heteroatoms. The SMILES string of the molecule is NS(=O)(=O)c1ccc(NC(=O)c2ccc(Br)cc2)c(F)c1. The van der Waals surface area contributed by atoms with Crippen LogP contribution in [0.4, 0.5) is 10.1 Å². The van der Waals surface area contributed by atoms with Crippen molar-refractivity contribution >= 4 is 37.5 Å². The number of amides is 1. The summed E-state index contributed by atoms with van der Waals surface area (Å²) in [4.78, 5) is 11.6. The fraction of sp³-hybridized carbons (Fsp3) is 0. The van der Waals surface area contributed by atoms with Gasteiger partial charge in [0.05, 0.1) is 10.6 Å². The quantitative estimate of drug-likeness (QED) is 0.866. The van der Waals surface area contributed by atoms with Gasteiger partial charge in [0, 0.05) is 10.0 Å². The van der Waals surface area contributed by atoms with Crippen LogP contribution in [0.2, 0.25) is 0 Å². The van der Waals surface area contributed by atoms with Gasteiger partial charge in [-0.1, -0.05) is 15.9 Å². The number of carbonyl (C=O) groups is 1. The lowest BCUT2D eigenvalue weighted by Crippen LogP contribution is -2.15. The Morgan fingerprint density at radius 3 is 2.29 bits per heavy atom. The number of nitrogens with two attached hydrogens (primary N) is 1. The van der Waals surface area contributed by atoms with E-state index in [1.165, 1.54) is 0 Å². The van der Waals surface area contributed by atoms with Crippen LogP contribution in [0, 0.1) is 5.82 Å². The highest BCUT2D eigenvalue weighted by Crippen LogP contribution is 2.19. The van der Waals surface area contributed by atoms with E-state index in [-0.39, 0.29) is 10.6 Å². The Morgan fingerprint density at radius 1 is 1.14 bits per heavy atom. The summed E-state index contributed by atoms with van der Waals surface area (Å²) in [5.74, 6) is -1.39. The molecule has 0 aromatic heterocycles. The second-order valence-electron chi connectivity index (χ2n) is 4.15. The molecule has 110 valence electrons. The van der Waals surface area contributed by atoms with E-state index >= 15 is 0 Å². The van der Waals surface area contributed by atoms with Crippen molar-refractivity contribution in [2.75, 3.05) is 5.32 Å². The molecule has 0 atom stereocenters. The van der Waals surface area contributed by atoms with Crippen LogP contribution in [0.25, 0.3) is 0 Å². The van der Waals surface area contributed by atoms with Crippen LogP contribution < -0.4 is 10.5 Å². The average molecular weight is 373 g/mol. The van der Waals surface area contributed by atoms with Gasteiger partial charge in [0.15, 0.2) is 0 Å². The second kappa shape index (κ2) is 5.92. The first-order valence-corrected chi connectivity index (χ1v) is 8.00. The lowest BCUT2D eigenvalue weighted by molar-refractivity contribution is 0.102. The monoisotopic (exact) mass is 372 g/mol. The molecule has 0 aliphatic carbocycles. The van der Waals surface area contributed by atoms with Gasteiger partial charge in [-0.15, -0.1) is 0 Å². The molecule has 21 heavy (non-hydrogen) atoms. The summed E-state index contributed by atoms with van der Waals surface area (Å²) in [6.07, 6.45) is 0. The zero-order valence-corrected chi connectivity index (χ0v) is 12.9. The molecule has 0 saturated carbocycles. The van der Waals surface area contributed by atoms with Crippen LogP contribution in [0.3, 0.4) is 0 Å². The molecule has 2 aromatic rings. The van der Waals surface area contributed by atoms with Gasteiger partial charge in [0.2, 0.25) is 10.0 Å².